The molecule has 0 unspecified atom stereocenters. The summed E-state index contributed by atoms with van der Waals surface area (Å²) in [5, 5.41) is 4.34. The maximum Gasteiger partial charge on any atom is 0.275 e. The highest BCUT2D eigenvalue weighted by molar-refractivity contribution is 7.13. The third kappa shape index (κ3) is 2.82. The molecule has 0 aliphatic rings. The van der Waals surface area contributed by atoms with Gasteiger partial charge in [0, 0.05) is 11.4 Å². The number of amides is 1. The predicted octanol–water partition coefficient (Wildman–Crippen LogP) is 3.93. The summed E-state index contributed by atoms with van der Waals surface area (Å²) in [4.78, 5) is 16.1. The molecule has 106 valence electrons. The molecule has 4 nitrogen and oxygen atoms in total. The Labute approximate surface area is 122 Å². The first-order valence-electron chi connectivity index (χ1n) is 5.89. The second-order valence-electron chi connectivity index (χ2n) is 4.09. The number of rotatable bonds is 3. The van der Waals surface area contributed by atoms with Gasteiger partial charge in [0.2, 0.25) is 0 Å². The summed E-state index contributed by atoms with van der Waals surface area (Å²) in [5.74, 6) is -1.43. The molecule has 0 fully saturated rings. The quantitative estimate of drug-likeness (QED) is 0.797. The number of benzene rings is 1. The van der Waals surface area contributed by atoms with Gasteiger partial charge in [0.1, 0.15) is 17.3 Å². The van der Waals surface area contributed by atoms with Gasteiger partial charge < -0.3 is 9.73 Å². The van der Waals surface area contributed by atoms with Gasteiger partial charge in [-0.15, -0.1) is 11.3 Å². The number of furan rings is 1. The highest BCUT2D eigenvalue weighted by atomic mass is 32.1. The molecule has 3 rings (SSSR count). The largest absolute Gasteiger partial charge is 0.462 e. The first-order chi connectivity index (χ1) is 10.1. The van der Waals surface area contributed by atoms with E-state index < -0.39 is 17.5 Å². The van der Waals surface area contributed by atoms with Crippen molar-refractivity contribution in [2.45, 2.75) is 0 Å². The number of carbonyl (C=O) groups excluding carboxylic acids is 1. The van der Waals surface area contributed by atoms with E-state index in [-0.39, 0.29) is 11.4 Å². The molecular formula is C14H8F2N2O2S. The van der Waals surface area contributed by atoms with Crippen LogP contribution in [0.4, 0.5) is 14.5 Å². The van der Waals surface area contributed by atoms with Gasteiger partial charge in [0.25, 0.3) is 5.91 Å². The molecule has 7 heteroatoms. The van der Waals surface area contributed by atoms with Crippen LogP contribution in [-0.2, 0) is 0 Å². The average Bonchev–Trinajstić information content (AvgIpc) is 3.12. The maximum atomic E-state index is 13.5. The Hall–Kier alpha value is -2.54. The summed E-state index contributed by atoms with van der Waals surface area (Å²) >= 11 is 1.22. The molecule has 0 bridgehead atoms. The van der Waals surface area contributed by atoms with Crippen molar-refractivity contribution in [3.05, 3.63) is 59.3 Å². The lowest BCUT2D eigenvalue weighted by Crippen LogP contribution is -2.13. The number of nitrogens with zero attached hydrogens (tertiary/aromatic N) is 1. The first kappa shape index (κ1) is 13.4. The van der Waals surface area contributed by atoms with E-state index in [4.69, 9.17) is 4.42 Å². The molecule has 0 saturated heterocycles. The van der Waals surface area contributed by atoms with Crippen molar-refractivity contribution >= 4 is 22.9 Å². The third-order valence-corrected chi connectivity index (χ3v) is 3.50. The van der Waals surface area contributed by atoms with Gasteiger partial charge in [0.15, 0.2) is 10.8 Å². The number of hydrogen-bond donors (Lipinski definition) is 1. The van der Waals surface area contributed by atoms with Gasteiger partial charge in [-0.2, -0.15) is 0 Å². The Morgan fingerprint density at radius 3 is 2.90 bits per heavy atom. The van der Waals surface area contributed by atoms with Crippen LogP contribution in [0.3, 0.4) is 0 Å². The molecule has 0 radical (unpaired) electrons. The Bertz CT molecular complexity index is 784. The maximum absolute atomic E-state index is 13.5. The van der Waals surface area contributed by atoms with Crippen LogP contribution in [0.25, 0.3) is 10.8 Å². The molecule has 0 atom stereocenters. The first-order valence-corrected chi connectivity index (χ1v) is 6.77. The van der Waals surface area contributed by atoms with Crippen LogP contribution in [-0.4, -0.2) is 10.9 Å². The van der Waals surface area contributed by atoms with E-state index in [1.54, 1.807) is 12.1 Å². The Morgan fingerprint density at radius 2 is 2.14 bits per heavy atom. The van der Waals surface area contributed by atoms with Gasteiger partial charge in [-0.1, -0.05) is 0 Å². The van der Waals surface area contributed by atoms with Crippen LogP contribution in [0.1, 0.15) is 10.5 Å². The SMILES string of the molecule is O=C(Nc1cc(F)ccc1F)c1csc(-c2ccco2)n1. The van der Waals surface area contributed by atoms with E-state index in [1.807, 2.05) is 0 Å². The standard InChI is InChI=1S/C14H8F2N2O2S/c15-8-3-4-9(16)10(6-8)17-13(19)11-7-21-14(18-11)12-2-1-5-20-12/h1-7H,(H,17,19). The molecule has 3 aromatic rings. The number of hydrogen-bond acceptors (Lipinski definition) is 4. The topological polar surface area (TPSA) is 55.1 Å². The van der Waals surface area contributed by atoms with Crippen LogP contribution in [0.2, 0.25) is 0 Å². The molecule has 2 heterocycles. The molecular weight excluding hydrogens is 298 g/mol. The van der Waals surface area contributed by atoms with Gasteiger partial charge >= 0.3 is 0 Å². The van der Waals surface area contributed by atoms with E-state index in [2.05, 4.69) is 10.3 Å². The van der Waals surface area contributed by atoms with E-state index in [9.17, 15) is 13.6 Å². The second-order valence-corrected chi connectivity index (χ2v) is 4.95. The predicted molar refractivity (Wildman–Crippen MR) is 74.1 cm³/mol. The molecule has 1 N–H and O–H groups in total. The molecule has 0 spiro atoms. The zero-order valence-corrected chi connectivity index (χ0v) is 11.3. The fourth-order valence-corrected chi connectivity index (χ4v) is 2.44. The molecule has 21 heavy (non-hydrogen) atoms. The lowest BCUT2D eigenvalue weighted by atomic mass is 10.3. The lowest BCUT2D eigenvalue weighted by molar-refractivity contribution is 0.102. The van der Waals surface area contributed by atoms with Crippen molar-refractivity contribution in [2.24, 2.45) is 0 Å². The van der Waals surface area contributed by atoms with Crippen molar-refractivity contribution in [1.82, 2.24) is 4.98 Å². The zero-order chi connectivity index (χ0) is 14.8. The number of nitrogens with one attached hydrogen (secondary N) is 1. The van der Waals surface area contributed by atoms with Gasteiger partial charge in [-0.3, -0.25) is 4.79 Å². The molecule has 0 aliphatic heterocycles. The molecule has 2 aromatic heterocycles. The van der Waals surface area contributed by atoms with Crippen LogP contribution in [0.5, 0.6) is 0 Å². The monoisotopic (exact) mass is 306 g/mol. The fourth-order valence-electron chi connectivity index (χ4n) is 1.67. The van der Waals surface area contributed by atoms with Crippen LogP contribution < -0.4 is 5.32 Å². The van der Waals surface area contributed by atoms with Crippen molar-refractivity contribution < 1.29 is 18.0 Å². The Balaban J connectivity index is 1.81. The zero-order valence-electron chi connectivity index (χ0n) is 10.5. The van der Waals surface area contributed by atoms with E-state index in [0.717, 1.165) is 18.2 Å². The van der Waals surface area contributed by atoms with Crippen molar-refractivity contribution in [1.29, 1.82) is 0 Å². The van der Waals surface area contributed by atoms with E-state index in [1.165, 1.54) is 23.0 Å². The fraction of sp³-hybridized carbons (Fsp3) is 0. The van der Waals surface area contributed by atoms with E-state index in [0.29, 0.717) is 10.8 Å². The summed E-state index contributed by atoms with van der Waals surface area (Å²) in [6, 6.07) is 6.25. The van der Waals surface area contributed by atoms with Gasteiger partial charge in [-0.05, 0) is 24.3 Å². The van der Waals surface area contributed by atoms with Crippen LogP contribution >= 0.6 is 11.3 Å². The van der Waals surface area contributed by atoms with E-state index >= 15 is 0 Å². The van der Waals surface area contributed by atoms with Gasteiger partial charge in [0.05, 0.1) is 12.0 Å². The average molecular weight is 306 g/mol. The molecule has 0 saturated carbocycles. The number of halogens is 2. The summed E-state index contributed by atoms with van der Waals surface area (Å²) in [6.45, 7) is 0. The van der Waals surface area contributed by atoms with Crippen molar-refractivity contribution in [2.75, 3.05) is 5.32 Å². The summed E-state index contributed by atoms with van der Waals surface area (Å²) in [5.41, 5.74) is -0.123. The van der Waals surface area contributed by atoms with Crippen molar-refractivity contribution in [3.8, 4) is 10.8 Å². The van der Waals surface area contributed by atoms with Crippen molar-refractivity contribution in [3.63, 3.8) is 0 Å². The molecule has 1 amide bonds. The Morgan fingerprint density at radius 1 is 1.29 bits per heavy atom. The number of thiazole rings is 1. The minimum atomic E-state index is -0.716. The van der Waals surface area contributed by atoms with Gasteiger partial charge in [-0.25, -0.2) is 13.8 Å². The minimum absolute atomic E-state index is 0.107. The summed E-state index contributed by atoms with van der Waals surface area (Å²) in [7, 11) is 0. The molecule has 1 aromatic carbocycles. The smallest absolute Gasteiger partial charge is 0.275 e. The Kier molecular flexibility index (Phi) is 3.49. The highest BCUT2D eigenvalue weighted by Gasteiger charge is 2.15. The number of carbonyl (C=O) groups is 1. The number of anilines is 1. The number of aromatic nitrogens is 1. The highest BCUT2D eigenvalue weighted by Crippen LogP contribution is 2.24. The molecule has 0 aliphatic carbocycles. The summed E-state index contributed by atoms with van der Waals surface area (Å²) < 4.78 is 31.7. The van der Waals surface area contributed by atoms with Crippen LogP contribution in [0.15, 0.2) is 46.4 Å². The second kappa shape index (κ2) is 5.45. The minimum Gasteiger partial charge on any atom is -0.462 e. The normalized spacial score (nSPS) is 10.6. The lowest BCUT2D eigenvalue weighted by Gasteiger charge is -2.04. The summed E-state index contributed by atoms with van der Waals surface area (Å²) in [6.07, 6.45) is 1.50. The van der Waals surface area contributed by atoms with Crippen LogP contribution in [0, 0.1) is 11.6 Å². The third-order valence-electron chi connectivity index (χ3n) is 2.65.